The molecule has 2 aromatic carbocycles. The molecule has 0 unspecified atom stereocenters. The monoisotopic (exact) mass is 402 g/mol. The number of benzene rings is 2. The molecule has 0 aliphatic rings. The number of halogens is 1. The van der Waals surface area contributed by atoms with Crippen molar-refractivity contribution in [1.29, 1.82) is 0 Å². The molecule has 2 N–H and O–H groups in total. The number of ether oxygens (including phenoxy) is 2. The minimum Gasteiger partial charge on any atom is -0.497 e. The Hall–Kier alpha value is -3.09. The molecule has 0 spiro atoms. The molecule has 29 heavy (non-hydrogen) atoms. The van der Waals surface area contributed by atoms with E-state index in [1.54, 1.807) is 27.9 Å². The van der Waals surface area contributed by atoms with E-state index in [9.17, 15) is 14.0 Å². The summed E-state index contributed by atoms with van der Waals surface area (Å²) in [5, 5.41) is 5.28. The third kappa shape index (κ3) is 7.10. The number of amides is 2. The molecule has 0 radical (unpaired) electrons. The molecular weight excluding hydrogens is 375 g/mol. The van der Waals surface area contributed by atoms with Crippen molar-refractivity contribution in [3.63, 3.8) is 0 Å². The first kappa shape index (κ1) is 22.2. The second-order valence-corrected chi connectivity index (χ2v) is 7.48. The summed E-state index contributed by atoms with van der Waals surface area (Å²) in [6, 6.07) is 11.8. The average Bonchev–Trinajstić information content (AvgIpc) is 2.65. The second kappa shape index (κ2) is 9.91. The summed E-state index contributed by atoms with van der Waals surface area (Å²) in [7, 11) is 1.59. The van der Waals surface area contributed by atoms with Crippen LogP contribution in [0.4, 0.5) is 9.18 Å². The van der Waals surface area contributed by atoms with Gasteiger partial charge in [0.1, 0.15) is 17.2 Å². The number of alkyl carbamates (subject to hydrolysis) is 1. The van der Waals surface area contributed by atoms with E-state index in [4.69, 9.17) is 9.47 Å². The first-order valence-electron chi connectivity index (χ1n) is 9.35. The maximum Gasteiger partial charge on any atom is 0.407 e. The van der Waals surface area contributed by atoms with E-state index < -0.39 is 23.4 Å². The number of rotatable bonds is 7. The van der Waals surface area contributed by atoms with E-state index >= 15 is 0 Å². The second-order valence-electron chi connectivity index (χ2n) is 7.48. The molecule has 6 nitrogen and oxygen atoms in total. The van der Waals surface area contributed by atoms with Gasteiger partial charge in [0.2, 0.25) is 0 Å². The highest BCUT2D eigenvalue weighted by Gasteiger charge is 2.19. The van der Waals surface area contributed by atoms with Crippen LogP contribution >= 0.6 is 0 Å². The Balaban J connectivity index is 1.99. The predicted octanol–water partition coefficient (Wildman–Crippen LogP) is 3.83. The Morgan fingerprint density at radius 3 is 2.48 bits per heavy atom. The quantitative estimate of drug-likeness (QED) is 0.738. The minimum atomic E-state index is -0.676. The lowest BCUT2D eigenvalue weighted by Crippen LogP contribution is -2.33. The number of hydrogen-bond acceptors (Lipinski definition) is 4. The number of hydrogen-bond donors (Lipinski definition) is 2. The number of carbonyl (C=O) groups is 2. The van der Waals surface area contributed by atoms with Crippen LogP contribution in [-0.4, -0.2) is 31.3 Å². The third-order valence-corrected chi connectivity index (χ3v) is 4.01. The smallest absolute Gasteiger partial charge is 0.407 e. The van der Waals surface area contributed by atoms with Crippen molar-refractivity contribution in [3.05, 3.63) is 65.0 Å². The highest BCUT2D eigenvalue weighted by atomic mass is 19.1. The molecule has 2 aromatic rings. The first-order valence-corrected chi connectivity index (χ1v) is 9.35. The number of carbonyl (C=O) groups excluding carboxylic acids is 2. The Kier molecular flexibility index (Phi) is 7.59. The molecule has 0 fully saturated rings. The summed E-state index contributed by atoms with van der Waals surface area (Å²) in [4.78, 5) is 24.4. The fourth-order valence-electron chi connectivity index (χ4n) is 2.67. The number of nitrogens with one attached hydrogen (secondary N) is 2. The summed E-state index contributed by atoms with van der Waals surface area (Å²) < 4.78 is 24.6. The molecule has 2 rings (SSSR count). The Morgan fingerprint density at radius 2 is 1.79 bits per heavy atom. The molecule has 156 valence electrons. The Labute approximate surface area is 170 Å². The van der Waals surface area contributed by atoms with Gasteiger partial charge >= 0.3 is 6.09 Å². The van der Waals surface area contributed by atoms with Crippen molar-refractivity contribution >= 4 is 12.0 Å². The maximum absolute atomic E-state index is 14.3. The molecule has 0 aliphatic carbocycles. The lowest BCUT2D eigenvalue weighted by atomic mass is 10.1. The van der Waals surface area contributed by atoms with Crippen molar-refractivity contribution in [3.8, 4) is 5.75 Å². The molecule has 0 atom stereocenters. The lowest BCUT2D eigenvalue weighted by molar-refractivity contribution is 0.0522. The van der Waals surface area contributed by atoms with Gasteiger partial charge in [0.25, 0.3) is 5.91 Å². The van der Waals surface area contributed by atoms with Crippen LogP contribution in [0.5, 0.6) is 5.75 Å². The molecule has 2 amide bonds. The highest BCUT2D eigenvalue weighted by Crippen LogP contribution is 2.15. The van der Waals surface area contributed by atoms with E-state index in [0.717, 1.165) is 11.3 Å². The van der Waals surface area contributed by atoms with Crippen LogP contribution in [0.15, 0.2) is 42.5 Å². The summed E-state index contributed by atoms with van der Waals surface area (Å²) in [6.07, 6.45) is -0.0749. The molecular formula is C22H27FN2O4. The van der Waals surface area contributed by atoms with Gasteiger partial charge in [-0.25, -0.2) is 9.18 Å². The molecule has 0 aromatic heterocycles. The van der Waals surface area contributed by atoms with E-state index in [0.29, 0.717) is 13.0 Å². The van der Waals surface area contributed by atoms with Gasteiger partial charge in [-0.3, -0.25) is 4.79 Å². The van der Waals surface area contributed by atoms with Crippen LogP contribution in [0.1, 0.15) is 42.3 Å². The summed E-state index contributed by atoms with van der Waals surface area (Å²) in [5.41, 5.74) is 0.624. The molecule has 0 saturated carbocycles. The SMILES string of the molecule is COc1cccc(CCNC(=O)c2cccc(F)c2CNC(=O)OC(C)(C)C)c1. The van der Waals surface area contributed by atoms with Crippen LogP contribution in [0.25, 0.3) is 0 Å². The van der Waals surface area contributed by atoms with Crippen molar-refractivity contribution in [2.45, 2.75) is 39.3 Å². The van der Waals surface area contributed by atoms with E-state index in [1.807, 2.05) is 24.3 Å². The summed E-state index contributed by atoms with van der Waals surface area (Å²) in [5.74, 6) is -0.232. The van der Waals surface area contributed by atoms with Crippen LogP contribution < -0.4 is 15.4 Å². The van der Waals surface area contributed by atoms with Gasteiger partial charge in [0.05, 0.1) is 7.11 Å². The van der Waals surface area contributed by atoms with Crippen LogP contribution in [-0.2, 0) is 17.7 Å². The standard InChI is InChI=1S/C22H27FN2O4/c1-22(2,3)29-21(27)25-14-18-17(9-6-10-19(18)23)20(26)24-12-11-15-7-5-8-16(13-15)28-4/h5-10,13H,11-12,14H2,1-4H3,(H,24,26)(H,25,27). The summed E-state index contributed by atoms with van der Waals surface area (Å²) >= 11 is 0. The Morgan fingerprint density at radius 1 is 1.07 bits per heavy atom. The molecule has 0 aliphatic heterocycles. The van der Waals surface area contributed by atoms with Gasteiger partial charge in [-0.2, -0.15) is 0 Å². The van der Waals surface area contributed by atoms with E-state index in [2.05, 4.69) is 10.6 Å². The zero-order chi connectivity index (χ0) is 21.4. The van der Waals surface area contributed by atoms with Gasteiger partial charge in [0, 0.05) is 24.2 Å². The third-order valence-electron chi connectivity index (χ3n) is 4.01. The van der Waals surface area contributed by atoms with Gasteiger partial charge in [-0.1, -0.05) is 18.2 Å². The first-order chi connectivity index (χ1) is 13.7. The van der Waals surface area contributed by atoms with Gasteiger partial charge in [-0.15, -0.1) is 0 Å². The molecule has 7 heteroatoms. The topological polar surface area (TPSA) is 76.7 Å². The van der Waals surface area contributed by atoms with Crippen molar-refractivity contribution in [2.24, 2.45) is 0 Å². The average molecular weight is 402 g/mol. The van der Waals surface area contributed by atoms with E-state index in [-0.39, 0.29) is 17.7 Å². The largest absolute Gasteiger partial charge is 0.497 e. The fourth-order valence-corrected chi connectivity index (χ4v) is 2.67. The lowest BCUT2D eigenvalue weighted by Gasteiger charge is -2.20. The van der Waals surface area contributed by atoms with Crippen molar-refractivity contribution in [2.75, 3.05) is 13.7 Å². The number of methoxy groups -OCH3 is 1. The van der Waals surface area contributed by atoms with Gasteiger partial charge in [0.15, 0.2) is 0 Å². The molecule has 0 saturated heterocycles. The fraction of sp³-hybridized carbons (Fsp3) is 0.364. The van der Waals surface area contributed by atoms with Crippen molar-refractivity contribution in [1.82, 2.24) is 10.6 Å². The molecule has 0 heterocycles. The zero-order valence-corrected chi connectivity index (χ0v) is 17.2. The summed E-state index contributed by atoms with van der Waals surface area (Å²) in [6.45, 7) is 5.42. The predicted molar refractivity (Wildman–Crippen MR) is 109 cm³/mol. The highest BCUT2D eigenvalue weighted by molar-refractivity contribution is 5.95. The van der Waals surface area contributed by atoms with Gasteiger partial charge in [-0.05, 0) is 57.0 Å². The zero-order valence-electron chi connectivity index (χ0n) is 17.2. The van der Waals surface area contributed by atoms with Gasteiger partial charge < -0.3 is 20.1 Å². The van der Waals surface area contributed by atoms with Crippen LogP contribution in [0.2, 0.25) is 0 Å². The Bertz CT molecular complexity index is 862. The normalized spacial score (nSPS) is 10.9. The van der Waals surface area contributed by atoms with Crippen LogP contribution in [0, 0.1) is 5.82 Å². The van der Waals surface area contributed by atoms with Crippen molar-refractivity contribution < 1.29 is 23.5 Å². The maximum atomic E-state index is 14.3. The van der Waals surface area contributed by atoms with Crippen LogP contribution in [0.3, 0.4) is 0 Å². The molecule has 0 bridgehead atoms. The minimum absolute atomic E-state index is 0.109. The van der Waals surface area contributed by atoms with E-state index in [1.165, 1.54) is 18.2 Å².